The maximum absolute atomic E-state index is 13.8. The van der Waals surface area contributed by atoms with Crippen molar-refractivity contribution >= 4 is 17.6 Å². The van der Waals surface area contributed by atoms with Gasteiger partial charge in [0.2, 0.25) is 5.91 Å². The Morgan fingerprint density at radius 1 is 1.03 bits per heavy atom. The van der Waals surface area contributed by atoms with E-state index in [0.717, 1.165) is 34.5 Å². The van der Waals surface area contributed by atoms with Crippen molar-refractivity contribution in [2.24, 2.45) is 0 Å². The van der Waals surface area contributed by atoms with Gasteiger partial charge in [-0.25, -0.2) is 18.3 Å². The molecule has 0 fully saturated rings. The minimum atomic E-state index is -0.745. The van der Waals surface area contributed by atoms with Crippen LogP contribution in [0.3, 0.4) is 0 Å². The third-order valence-electron chi connectivity index (χ3n) is 4.60. The van der Waals surface area contributed by atoms with Gasteiger partial charge in [0.1, 0.15) is 11.5 Å². The molecule has 0 saturated heterocycles. The minimum Gasteiger partial charge on any atom is -0.334 e. The number of aryl methyl sites for hydroxylation is 3. The van der Waals surface area contributed by atoms with Gasteiger partial charge in [0.15, 0.2) is 5.82 Å². The van der Waals surface area contributed by atoms with E-state index >= 15 is 0 Å². The number of amides is 3. The number of hydrogen-bond acceptors (Lipinski definition) is 3. The van der Waals surface area contributed by atoms with E-state index in [0.29, 0.717) is 5.56 Å². The van der Waals surface area contributed by atoms with E-state index in [9.17, 15) is 18.4 Å². The summed E-state index contributed by atoms with van der Waals surface area (Å²) in [6, 6.07) is 6.59. The molecule has 0 saturated carbocycles. The number of aromatic nitrogens is 2. The molecule has 3 N–H and O–H groups in total. The predicted octanol–water partition coefficient (Wildman–Crippen LogP) is 3.51. The molecule has 1 heterocycles. The first-order valence-electron chi connectivity index (χ1n) is 9.61. The summed E-state index contributed by atoms with van der Waals surface area (Å²) in [6.45, 7) is 5.73. The normalized spacial score (nSPS) is 10.6. The Hall–Kier alpha value is -3.75. The van der Waals surface area contributed by atoms with Gasteiger partial charge in [0.05, 0.1) is 12.7 Å². The Morgan fingerprint density at radius 2 is 1.74 bits per heavy atom. The monoisotopic (exact) mass is 427 g/mol. The van der Waals surface area contributed by atoms with E-state index < -0.39 is 17.7 Å². The summed E-state index contributed by atoms with van der Waals surface area (Å²) < 4.78 is 28.1. The highest BCUT2D eigenvalue weighted by atomic mass is 19.1. The van der Waals surface area contributed by atoms with Crippen molar-refractivity contribution < 1.29 is 18.4 Å². The molecule has 0 aliphatic rings. The summed E-state index contributed by atoms with van der Waals surface area (Å²) in [5.41, 5.74) is 4.44. The Balaban J connectivity index is 1.49. The third kappa shape index (κ3) is 5.65. The molecule has 3 rings (SSSR count). The number of hydrogen-bond donors (Lipinski definition) is 3. The molecule has 0 aliphatic heterocycles. The standard InChI is InChI=1S/C22H23F2N5O2/c1-13-6-14(2)21(15(3)7-13)28-20(30)11-26-22(31)25-9-16-10-27-29(12-16)19-5-4-17(23)8-18(19)24/h4-8,10,12H,9,11H2,1-3H3,(H,28,30)(H2,25,26,31). The van der Waals surface area contributed by atoms with Gasteiger partial charge in [-0.2, -0.15) is 5.10 Å². The molecular formula is C22H23F2N5O2. The number of benzene rings is 2. The smallest absolute Gasteiger partial charge is 0.315 e. The third-order valence-corrected chi connectivity index (χ3v) is 4.60. The van der Waals surface area contributed by atoms with Crippen LogP contribution in [0, 0.1) is 32.4 Å². The van der Waals surface area contributed by atoms with Crippen molar-refractivity contribution in [3.63, 3.8) is 0 Å². The van der Waals surface area contributed by atoms with Crippen LogP contribution in [0.25, 0.3) is 5.69 Å². The molecule has 31 heavy (non-hydrogen) atoms. The van der Waals surface area contributed by atoms with Crippen molar-refractivity contribution in [3.05, 3.63) is 76.6 Å². The van der Waals surface area contributed by atoms with Gasteiger partial charge < -0.3 is 16.0 Å². The number of urea groups is 1. The van der Waals surface area contributed by atoms with Crippen LogP contribution >= 0.6 is 0 Å². The second-order valence-electron chi connectivity index (χ2n) is 7.25. The zero-order chi connectivity index (χ0) is 22.5. The van der Waals surface area contributed by atoms with Crippen LogP contribution in [0.15, 0.2) is 42.7 Å². The topological polar surface area (TPSA) is 88.1 Å². The molecule has 2 aromatic carbocycles. The number of nitrogens with zero attached hydrogens (tertiary/aromatic N) is 2. The Bertz CT molecular complexity index is 1100. The quantitative estimate of drug-likeness (QED) is 0.563. The van der Waals surface area contributed by atoms with E-state index in [-0.39, 0.29) is 24.7 Å². The average Bonchev–Trinajstić information content (AvgIpc) is 3.16. The minimum absolute atomic E-state index is 0.0930. The van der Waals surface area contributed by atoms with E-state index in [1.807, 2.05) is 32.9 Å². The first-order chi connectivity index (χ1) is 14.7. The number of rotatable bonds is 6. The van der Waals surface area contributed by atoms with Gasteiger partial charge >= 0.3 is 6.03 Å². The number of halogens is 2. The SMILES string of the molecule is Cc1cc(C)c(NC(=O)CNC(=O)NCc2cnn(-c3ccc(F)cc3F)c2)c(C)c1. The maximum Gasteiger partial charge on any atom is 0.315 e. The Kier molecular flexibility index (Phi) is 6.64. The lowest BCUT2D eigenvalue weighted by atomic mass is 10.1. The van der Waals surface area contributed by atoms with Gasteiger partial charge in [-0.05, 0) is 44.0 Å². The molecule has 7 nitrogen and oxygen atoms in total. The molecule has 0 atom stereocenters. The highest BCUT2D eigenvalue weighted by Crippen LogP contribution is 2.21. The van der Waals surface area contributed by atoms with Crippen molar-refractivity contribution in [3.8, 4) is 5.69 Å². The molecule has 3 aromatic rings. The lowest BCUT2D eigenvalue weighted by Gasteiger charge is -2.13. The zero-order valence-electron chi connectivity index (χ0n) is 17.4. The largest absolute Gasteiger partial charge is 0.334 e. The van der Waals surface area contributed by atoms with Crippen LogP contribution in [0.1, 0.15) is 22.3 Å². The number of nitrogens with one attached hydrogen (secondary N) is 3. The van der Waals surface area contributed by atoms with Crippen LogP contribution in [-0.4, -0.2) is 28.3 Å². The van der Waals surface area contributed by atoms with Crippen LogP contribution in [-0.2, 0) is 11.3 Å². The Labute approximate surface area is 178 Å². The lowest BCUT2D eigenvalue weighted by Crippen LogP contribution is -2.39. The number of carbonyl (C=O) groups is 2. The molecule has 0 spiro atoms. The molecular weight excluding hydrogens is 404 g/mol. The van der Waals surface area contributed by atoms with Crippen LogP contribution in [0.5, 0.6) is 0 Å². The highest BCUT2D eigenvalue weighted by molar-refractivity contribution is 5.95. The van der Waals surface area contributed by atoms with Gasteiger partial charge in [-0.15, -0.1) is 0 Å². The molecule has 0 unspecified atom stereocenters. The molecule has 0 bridgehead atoms. The molecule has 162 valence electrons. The van der Waals surface area contributed by atoms with Gasteiger partial charge in [0.25, 0.3) is 0 Å². The number of carbonyl (C=O) groups excluding carboxylic acids is 2. The summed E-state index contributed by atoms with van der Waals surface area (Å²) in [6.07, 6.45) is 2.98. The van der Waals surface area contributed by atoms with E-state index in [4.69, 9.17) is 0 Å². The van der Waals surface area contributed by atoms with Crippen molar-refractivity contribution in [2.45, 2.75) is 27.3 Å². The summed E-state index contributed by atoms with van der Waals surface area (Å²) >= 11 is 0. The average molecular weight is 427 g/mol. The van der Waals surface area contributed by atoms with Gasteiger partial charge in [0, 0.05) is 30.1 Å². The highest BCUT2D eigenvalue weighted by Gasteiger charge is 2.11. The van der Waals surface area contributed by atoms with E-state index in [1.165, 1.54) is 23.1 Å². The molecule has 0 aliphatic carbocycles. The fraction of sp³-hybridized carbons (Fsp3) is 0.227. The van der Waals surface area contributed by atoms with Crippen LogP contribution < -0.4 is 16.0 Å². The maximum atomic E-state index is 13.8. The van der Waals surface area contributed by atoms with Crippen molar-refractivity contribution in [2.75, 3.05) is 11.9 Å². The fourth-order valence-electron chi connectivity index (χ4n) is 3.22. The summed E-state index contributed by atoms with van der Waals surface area (Å²) in [4.78, 5) is 24.2. The van der Waals surface area contributed by atoms with Gasteiger partial charge in [-0.1, -0.05) is 17.7 Å². The molecule has 9 heteroatoms. The lowest BCUT2D eigenvalue weighted by molar-refractivity contribution is -0.115. The van der Waals surface area contributed by atoms with E-state index in [2.05, 4.69) is 21.0 Å². The summed E-state index contributed by atoms with van der Waals surface area (Å²) in [5, 5.41) is 11.9. The van der Waals surface area contributed by atoms with Crippen LogP contribution in [0.2, 0.25) is 0 Å². The second kappa shape index (κ2) is 9.38. The Morgan fingerprint density at radius 3 is 2.42 bits per heavy atom. The predicted molar refractivity (Wildman–Crippen MR) is 113 cm³/mol. The first-order valence-corrected chi connectivity index (χ1v) is 9.61. The molecule has 3 amide bonds. The summed E-state index contributed by atoms with van der Waals surface area (Å²) in [5.74, 6) is -1.76. The zero-order valence-corrected chi connectivity index (χ0v) is 17.4. The fourth-order valence-corrected chi connectivity index (χ4v) is 3.22. The van der Waals surface area contributed by atoms with Crippen LogP contribution in [0.4, 0.5) is 19.3 Å². The first kappa shape index (κ1) is 21.9. The van der Waals surface area contributed by atoms with E-state index in [1.54, 1.807) is 0 Å². The summed E-state index contributed by atoms with van der Waals surface area (Å²) in [7, 11) is 0. The number of anilines is 1. The van der Waals surface area contributed by atoms with Crippen molar-refractivity contribution in [1.82, 2.24) is 20.4 Å². The molecule has 0 radical (unpaired) electrons. The molecule has 1 aromatic heterocycles. The van der Waals surface area contributed by atoms with Crippen molar-refractivity contribution in [1.29, 1.82) is 0 Å². The second-order valence-corrected chi connectivity index (χ2v) is 7.25. The van der Waals surface area contributed by atoms with Gasteiger partial charge in [-0.3, -0.25) is 4.79 Å².